The average Bonchev–Trinajstić information content (AvgIpc) is 2.79. The van der Waals surface area contributed by atoms with Crippen LogP contribution in [0.1, 0.15) is 5.56 Å². The number of rotatable bonds is 2. The fourth-order valence-electron chi connectivity index (χ4n) is 2.10. The van der Waals surface area contributed by atoms with Crippen molar-refractivity contribution in [3.63, 3.8) is 0 Å². The van der Waals surface area contributed by atoms with Gasteiger partial charge < -0.3 is 5.11 Å². The molecule has 0 unspecified atom stereocenters. The highest BCUT2D eigenvalue weighted by atomic mass is 79.9. The van der Waals surface area contributed by atoms with Gasteiger partial charge in [0.1, 0.15) is 5.75 Å². The van der Waals surface area contributed by atoms with Gasteiger partial charge in [-0.25, -0.2) is 0 Å². The van der Waals surface area contributed by atoms with E-state index in [0.29, 0.717) is 19.3 Å². The number of phenolic OH excluding ortho intramolecular Hbond substituents is 1. The molecule has 2 aromatic rings. The Hall–Kier alpha value is -1.15. The van der Waals surface area contributed by atoms with E-state index in [1.807, 2.05) is 30.3 Å². The maximum absolute atomic E-state index is 12.6. The quantitative estimate of drug-likeness (QED) is 0.476. The minimum absolute atomic E-state index is 0.0816. The number of amides is 1. The molecule has 7 heteroatoms. The van der Waals surface area contributed by atoms with Gasteiger partial charge in [0.05, 0.1) is 15.1 Å². The molecular formula is C16H9Br2NO2S2. The molecule has 1 N–H and O–H groups in total. The molecule has 2 aromatic carbocycles. The molecule has 0 aromatic heterocycles. The number of hydrogen-bond acceptors (Lipinski definition) is 4. The fourth-order valence-corrected chi connectivity index (χ4v) is 4.65. The van der Waals surface area contributed by atoms with Crippen LogP contribution < -0.4 is 4.90 Å². The first-order valence-electron chi connectivity index (χ1n) is 6.48. The van der Waals surface area contributed by atoms with Gasteiger partial charge in [-0.1, -0.05) is 58.1 Å². The van der Waals surface area contributed by atoms with Crippen LogP contribution in [0.4, 0.5) is 5.69 Å². The number of phenols is 1. The molecule has 1 heterocycles. The maximum Gasteiger partial charge on any atom is 0.270 e. The van der Waals surface area contributed by atoms with Crippen LogP contribution in [0.3, 0.4) is 0 Å². The highest BCUT2D eigenvalue weighted by Gasteiger charge is 2.33. The van der Waals surface area contributed by atoms with Crippen LogP contribution in [0, 0.1) is 0 Å². The van der Waals surface area contributed by atoms with Gasteiger partial charge in [0, 0.05) is 10.0 Å². The van der Waals surface area contributed by atoms with Crippen LogP contribution in [-0.2, 0) is 4.79 Å². The van der Waals surface area contributed by atoms with Crippen molar-refractivity contribution in [2.45, 2.75) is 0 Å². The van der Waals surface area contributed by atoms with Crippen molar-refractivity contribution in [1.82, 2.24) is 0 Å². The van der Waals surface area contributed by atoms with Crippen LogP contribution >= 0.6 is 55.8 Å². The normalized spacial score (nSPS) is 16.4. The number of aromatic hydroxyl groups is 1. The van der Waals surface area contributed by atoms with Crippen molar-refractivity contribution in [2.75, 3.05) is 4.90 Å². The largest absolute Gasteiger partial charge is 0.506 e. The molecule has 1 saturated heterocycles. The lowest BCUT2D eigenvalue weighted by atomic mass is 10.2. The van der Waals surface area contributed by atoms with E-state index in [0.717, 1.165) is 10.2 Å². The van der Waals surface area contributed by atoms with Crippen molar-refractivity contribution in [2.24, 2.45) is 0 Å². The third kappa shape index (κ3) is 3.38. The second-order valence-electron chi connectivity index (χ2n) is 4.68. The number of carbonyl (C=O) groups excluding carboxylic acids is 1. The molecule has 0 saturated carbocycles. The van der Waals surface area contributed by atoms with Crippen molar-refractivity contribution in [3.8, 4) is 5.75 Å². The third-order valence-corrected chi connectivity index (χ3v) is 5.52. The zero-order chi connectivity index (χ0) is 16.6. The SMILES string of the molecule is O=C1C(=Cc2cc(Br)cc(Br)c2O)SC(=S)N1c1ccccc1. The lowest BCUT2D eigenvalue weighted by Gasteiger charge is -2.13. The number of thioether (sulfide) groups is 1. The predicted octanol–water partition coefficient (Wildman–Crippen LogP) is 5.32. The summed E-state index contributed by atoms with van der Waals surface area (Å²) in [5.74, 6) is -0.111. The van der Waals surface area contributed by atoms with Gasteiger partial charge in [0.15, 0.2) is 4.32 Å². The molecule has 0 atom stereocenters. The molecule has 23 heavy (non-hydrogen) atoms. The maximum atomic E-state index is 12.6. The van der Waals surface area contributed by atoms with Crippen molar-refractivity contribution >= 4 is 77.8 Å². The van der Waals surface area contributed by atoms with Gasteiger partial charge >= 0.3 is 0 Å². The number of thiocarbonyl (C=S) groups is 1. The average molecular weight is 471 g/mol. The van der Waals surface area contributed by atoms with Crippen LogP contribution in [0.2, 0.25) is 0 Å². The summed E-state index contributed by atoms with van der Waals surface area (Å²) >= 11 is 13.2. The summed E-state index contributed by atoms with van der Waals surface area (Å²) in [6.07, 6.45) is 1.65. The van der Waals surface area contributed by atoms with E-state index in [4.69, 9.17) is 12.2 Å². The summed E-state index contributed by atoms with van der Waals surface area (Å²) in [4.78, 5) is 14.6. The topological polar surface area (TPSA) is 40.5 Å². The van der Waals surface area contributed by atoms with Crippen LogP contribution in [0.15, 0.2) is 56.3 Å². The molecule has 1 fully saturated rings. The summed E-state index contributed by atoms with van der Waals surface area (Å²) < 4.78 is 1.82. The number of nitrogens with zero attached hydrogens (tertiary/aromatic N) is 1. The van der Waals surface area contributed by atoms with Gasteiger partial charge in [0.25, 0.3) is 5.91 Å². The monoisotopic (exact) mass is 469 g/mol. The van der Waals surface area contributed by atoms with E-state index >= 15 is 0 Å². The predicted molar refractivity (Wildman–Crippen MR) is 106 cm³/mol. The van der Waals surface area contributed by atoms with Crippen molar-refractivity contribution < 1.29 is 9.90 Å². The molecule has 0 radical (unpaired) electrons. The first kappa shape index (κ1) is 16.7. The van der Waals surface area contributed by atoms with Crippen molar-refractivity contribution in [1.29, 1.82) is 0 Å². The number of para-hydroxylation sites is 1. The molecule has 0 spiro atoms. The zero-order valence-corrected chi connectivity index (χ0v) is 16.3. The minimum Gasteiger partial charge on any atom is -0.506 e. The Balaban J connectivity index is 2.00. The van der Waals surface area contributed by atoms with E-state index < -0.39 is 0 Å². The smallest absolute Gasteiger partial charge is 0.270 e. The molecule has 0 aliphatic carbocycles. The summed E-state index contributed by atoms with van der Waals surface area (Å²) in [7, 11) is 0. The molecule has 3 nitrogen and oxygen atoms in total. The first-order chi connectivity index (χ1) is 11.0. The fraction of sp³-hybridized carbons (Fsp3) is 0. The Labute approximate surface area is 159 Å². The third-order valence-electron chi connectivity index (χ3n) is 3.15. The number of anilines is 1. The number of carbonyl (C=O) groups is 1. The standard InChI is InChI=1S/C16H9Br2NO2S2/c17-10-6-9(14(20)12(18)8-10)7-13-15(21)19(16(22)23-13)11-4-2-1-3-5-11/h1-8,20H. The van der Waals surface area contributed by atoms with Crippen LogP contribution in [0.5, 0.6) is 5.75 Å². The highest BCUT2D eigenvalue weighted by molar-refractivity contribution is 9.11. The Morgan fingerprint density at radius 3 is 2.57 bits per heavy atom. The van der Waals surface area contributed by atoms with Gasteiger partial charge in [-0.05, 0) is 46.3 Å². The summed E-state index contributed by atoms with van der Waals surface area (Å²) in [6, 6.07) is 12.7. The van der Waals surface area contributed by atoms with Gasteiger partial charge in [0.2, 0.25) is 0 Å². The van der Waals surface area contributed by atoms with Crippen LogP contribution in [0.25, 0.3) is 6.08 Å². The molecule has 1 aliphatic heterocycles. The number of halogens is 2. The van der Waals surface area contributed by atoms with E-state index in [1.54, 1.807) is 18.2 Å². The molecule has 116 valence electrons. The minimum atomic E-state index is -0.193. The second kappa shape index (κ2) is 6.76. The Bertz CT molecular complexity index is 837. The van der Waals surface area contributed by atoms with Crippen LogP contribution in [-0.4, -0.2) is 15.3 Å². The highest BCUT2D eigenvalue weighted by Crippen LogP contribution is 2.39. The van der Waals surface area contributed by atoms with Crippen molar-refractivity contribution in [3.05, 3.63) is 61.9 Å². The summed E-state index contributed by atoms with van der Waals surface area (Å²) in [5.41, 5.74) is 1.28. The molecule has 1 amide bonds. The molecular weight excluding hydrogens is 462 g/mol. The lowest BCUT2D eigenvalue weighted by molar-refractivity contribution is -0.113. The number of benzene rings is 2. The van der Waals surface area contributed by atoms with E-state index in [2.05, 4.69) is 31.9 Å². The van der Waals surface area contributed by atoms with Gasteiger partial charge in [-0.15, -0.1) is 0 Å². The second-order valence-corrected chi connectivity index (χ2v) is 8.12. The lowest BCUT2D eigenvalue weighted by Crippen LogP contribution is -2.27. The Morgan fingerprint density at radius 2 is 1.87 bits per heavy atom. The molecule has 1 aliphatic rings. The summed E-state index contributed by atoms with van der Waals surface area (Å²) in [6.45, 7) is 0. The molecule has 3 rings (SSSR count). The first-order valence-corrected chi connectivity index (χ1v) is 9.29. The number of hydrogen-bond donors (Lipinski definition) is 1. The van der Waals surface area contributed by atoms with E-state index in [-0.39, 0.29) is 11.7 Å². The summed E-state index contributed by atoms with van der Waals surface area (Å²) in [5, 5.41) is 10.1. The van der Waals surface area contributed by atoms with E-state index in [1.165, 1.54) is 16.7 Å². The van der Waals surface area contributed by atoms with E-state index in [9.17, 15) is 9.90 Å². The zero-order valence-electron chi connectivity index (χ0n) is 11.5. The Morgan fingerprint density at radius 1 is 1.17 bits per heavy atom. The van der Waals surface area contributed by atoms with Gasteiger partial charge in [-0.2, -0.15) is 0 Å². The Kier molecular flexibility index (Phi) is 4.91. The molecule has 0 bridgehead atoms. The van der Waals surface area contributed by atoms with Gasteiger partial charge in [-0.3, -0.25) is 9.69 Å².